The monoisotopic (exact) mass is 243 g/mol. The number of hydrogen-bond acceptors (Lipinski definition) is 3. The Morgan fingerprint density at radius 1 is 1.50 bits per heavy atom. The first-order valence-electron chi connectivity index (χ1n) is 5.74. The smallest absolute Gasteiger partial charge is 0.329 e. The number of thioether (sulfide) groups is 1. The summed E-state index contributed by atoms with van der Waals surface area (Å²) in [6.45, 7) is 2.73. The van der Waals surface area contributed by atoms with Crippen molar-refractivity contribution in [3.05, 3.63) is 0 Å². The van der Waals surface area contributed by atoms with Crippen LogP contribution in [0.4, 0.5) is 4.79 Å². The van der Waals surface area contributed by atoms with E-state index in [4.69, 9.17) is 0 Å². The van der Waals surface area contributed by atoms with Crippen LogP contribution in [0.2, 0.25) is 0 Å². The van der Waals surface area contributed by atoms with E-state index in [-0.39, 0.29) is 5.24 Å². The fraction of sp³-hybridized carbons (Fsp3) is 0.818. The van der Waals surface area contributed by atoms with Gasteiger partial charge in [-0.1, -0.05) is 18.7 Å². The zero-order chi connectivity index (χ0) is 11.8. The number of carboxylic acids is 1. The zero-order valence-electron chi connectivity index (χ0n) is 9.44. The fourth-order valence-electron chi connectivity index (χ4n) is 2.62. The lowest BCUT2D eigenvalue weighted by molar-refractivity contribution is -0.151. The van der Waals surface area contributed by atoms with Crippen molar-refractivity contribution in [3.63, 3.8) is 0 Å². The highest BCUT2D eigenvalue weighted by molar-refractivity contribution is 8.13. The van der Waals surface area contributed by atoms with E-state index in [0.717, 1.165) is 18.6 Å². The second-order valence-electron chi connectivity index (χ2n) is 4.79. The first-order chi connectivity index (χ1) is 7.56. The van der Waals surface area contributed by atoms with Crippen molar-refractivity contribution in [2.75, 3.05) is 12.3 Å². The van der Waals surface area contributed by atoms with E-state index in [0.29, 0.717) is 25.3 Å². The molecule has 1 heterocycles. The summed E-state index contributed by atoms with van der Waals surface area (Å²) in [4.78, 5) is 24.8. The van der Waals surface area contributed by atoms with E-state index in [1.807, 2.05) is 0 Å². The molecule has 5 heteroatoms. The average molecular weight is 243 g/mol. The van der Waals surface area contributed by atoms with Gasteiger partial charge in [0, 0.05) is 12.3 Å². The normalized spacial score (nSPS) is 35.4. The predicted molar refractivity (Wildman–Crippen MR) is 62.6 cm³/mol. The molecular weight excluding hydrogens is 226 g/mol. The maximum Gasteiger partial charge on any atom is 0.329 e. The third-order valence-electron chi connectivity index (χ3n) is 3.78. The SMILES string of the molecule is CC1CCC(C(=O)O)(N2CCSC2=O)CC1. The van der Waals surface area contributed by atoms with Crippen LogP contribution < -0.4 is 0 Å². The average Bonchev–Trinajstić information content (AvgIpc) is 2.66. The Labute approximate surface area is 99.4 Å². The quantitative estimate of drug-likeness (QED) is 0.807. The lowest BCUT2D eigenvalue weighted by atomic mass is 9.76. The Kier molecular flexibility index (Phi) is 3.15. The van der Waals surface area contributed by atoms with Crippen molar-refractivity contribution in [1.82, 2.24) is 4.90 Å². The molecule has 2 rings (SSSR count). The van der Waals surface area contributed by atoms with E-state index in [1.165, 1.54) is 11.8 Å². The van der Waals surface area contributed by atoms with Crippen molar-refractivity contribution in [2.24, 2.45) is 5.92 Å². The summed E-state index contributed by atoms with van der Waals surface area (Å²) >= 11 is 1.24. The van der Waals surface area contributed by atoms with Gasteiger partial charge in [0.15, 0.2) is 0 Å². The molecule has 0 unspecified atom stereocenters. The van der Waals surface area contributed by atoms with Gasteiger partial charge in [-0.3, -0.25) is 4.79 Å². The van der Waals surface area contributed by atoms with Gasteiger partial charge < -0.3 is 10.0 Å². The third-order valence-corrected chi connectivity index (χ3v) is 4.63. The summed E-state index contributed by atoms with van der Waals surface area (Å²) in [6.07, 6.45) is 3.02. The highest BCUT2D eigenvalue weighted by Crippen LogP contribution is 2.40. The van der Waals surface area contributed by atoms with E-state index in [1.54, 1.807) is 4.90 Å². The van der Waals surface area contributed by atoms with Crippen LogP contribution in [0.1, 0.15) is 32.6 Å². The van der Waals surface area contributed by atoms with Crippen LogP contribution in [-0.4, -0.2) is 39.1 Å². The van der Waals surface area contributed by atoms with Gasteiger partial charge in [0.05, 0.1) is 0 Å². The molecule has 0 aromatic rings. The van der Waals surface area contributed by atoms with Gasteiger partial charge in [-0.05, 0) is 31.6 Å². The van der Waals surface area contributed by atoms with E-state index >= 15 is 0 Å². The highest BCUT2D eigenvalue weighted by atomic mass is 32.2. The summed E-state index contributed by atoms with van der Waals surface area (Å²) in [5.41, 5.74) is -0.910. The van der Waals surface area contributed by atoms with Crippen molar-refractivity contribution >= 4 is 23.0 Å². The van der Waals surface area contributed by atoms with Gasteiger partial charge in [-0.15, -0.1) is 0 Å². The standard InChI is InChI=1S/C11H17NO3S/c1-8-2-4-11(5-3-8,9(13)14)12-6-7-16-10(12)15/h8H,2-7H2,1H3,(H,13,14). The van der Waals surface area contributed by atoms with Crippen LogP contribution in [-0.2, 0) is 4.79 Å². The van der Waals surface area contributed by atoms with Crippen LogP contribution in [0.25, 0.3) is 0 Å². The molecule has 0 aromatic carbocycles. The third kappa shape index (κ3) is 1.81. The minimum absolute atomic E-state index is 0.0584. The molecule has 1 aliphatic carbocycles. The number of carbonyl (C=O) groups is 2. The molecule has 0 bridgehead atoms. The molecule has 0 spiro atoms. The number of carboxylic acid groups (broad SMARTS) is 1. The van der Waals surface area contributed by atoms with Gasteiger partial charge in [0.25, 0.3) is 5.24 Å². The van der Waals surface area contributed by atoms with E-state index in [2.05, 4.69) is 6.92 Å². The van der Waals surface area contributed by atoms with Crippen LogP contribution in [0.3, 0.4) is 0 Å². The largest absolute Gasteiger partial charge is 0.479 e. The molecule has 1 saturated heterocycles. The summed E-state index contributed by atoms with van der Waals surface area (Å²) in [7, 11) is 0. The number of rotatable bonds is 2. The Hall–Kier alpha value is -0.710. The number of aliphatic carboxylic acids is 1. The van der Waals surface area contributed by atoms with Gasteiger partial charge in [-0.2, -0.15) is 0 Å². The Morgan fingerprint density at radius 3 is 2.56 bits per heavy atom. The predicted octanol–water partition coefficient (Wildman–Crippen LogP) is 2.19. The molecule has 0 radical (unpaired) electrons. The number of carbonyl (C=O) groups excluding carboxylic acids is 1. The van der Waals surface area contributed by atoms with Crippen molar-refractivity contribution in [1.29, 1.82) is 0 Å². The first-order valence-corrected chi connectivity index (χ1v) is 6.72. The molecule has 1 N–H and O–H groups in total. The summed E-state index contributed by atoms with van der Waals surface area (Å²) in [5.74, 6) is 0.483. The van der Waals surface area contributed by atoms with Crippen LogP contribution >= 0.6 is 11.8 Å². The van der Waals surface area contributed by atoms with Crippen molar-refractivity contribution in [2.45, 2.75) is 38.1 Å². The maximum absolute atomic E-state index is 11.7. The maximum atomic E-state index is 11.7. The topological polar surface area (TPSA) is 57.6 Å². The van der Waals surface area contributed by atoms with Crippen molar-refractivity contribution < 1.29 is 14.7 Å². The first kappa shape index (κ1) is 11.8. The molecule has 0 atom stereocenters. The Morgan fingerprint density at radius 2 is 2.12 bits per heavy atom. The van der Waals surface area contributed by atoms with Gasteiger partial charge in [-0.25, -0.2) is 4.79 Å². The van der Waals surface area contributed by atoms with E-state index in [9.17, 15) is 14.7 Å². The molecule has 2 fully saturated rings. The lowest BCUT2D eigenvalue weighted by Gasteiger charge is -2.42. The summed E-state index contributed by atoms with van der Waals surface area (Å²) in [5, 5.41) is 9.39. The molecule has 4 nitrogen and oxygen atoms in total. The van der Waals surface area contributed by atoms with Gasteiger partial charge >= 0.3 is 5.97 Å². The minimum atomic E-state index is -0.910. The molecule has 16 heavy (non-hydrogen) atoms. The highest BCUT2D eigenvalue weighted by Gasteiger charge is 2.49. The number of hydrogen-bond donors (Lipinski definition) is 1. The zero-order valence-corrected chi connectivity index (χ0v) is 10.3. The Bertz CT molecular complexity index is 310. The second kappa shape index (κ2) is 4.28. The molecule has 90 valence electrons. The van der Waals surface area contributed by atoms with Crippen molar-refractivity contribution in [3.8, 4) is 0 Å². The number of nitrogens with zero attached hydrogens (tertiary/aromatic N) is 1. The molecular formula is C11H17NO3S. The van der Waals surface area contributed by atoms with Crippen LogP contribution in [0.15, 0.2) is 0 Å². The molecule has 2 aliphatic rings. The minimum Gasteiger partial charge on any atom is -0.479 e. The van der Waals surface area contributed by atoms with Crippen LogP contribution in [0.5, 0.6) is 0 Å². The molecule has 0 aromatic heterocycles. The summed E-state index contributed by atoms with van der Waals surface area (Å²) < 4.78 is 0. The second-order valence-corrected chi connectivity index (χ2v) is 5.83. The molecule has 1 aliphatic heterocycles. The summed E-state index contributed by atoms with van der Waals surface area (Å²) in [6, 6.07) is 0. The van der Waals surface area contributed by atoms with Crippen LogP contribution in [0, 0.1) is 5.92 Å². The van der Waals surface area contributed by atoms with E-state index < -0.39 is 11.5 Å². The molecule has 1 saturated carbocycles. The lowest BCUT2D eigenvalue weighted by Crippen LogP contribution is -2.56. The van der Waals surface area contributed by atoms with Gasteiger partial charge in [0.2, 0.25) is 0 Å². The Balaban J connectivity index is 2.22. The van der Waals surface area contributed by atoms with Gasteiger partial charge in [0.1, 0.15) is 5.54 Å². The number of amides is 1. The molecule has 1 amide bonds. The fourth-order valence-corrected chi connectivity index (χ4v) is 3.49.